The van der Waals surface area contributed by atoms with E-state index in [1.54, 1.807) is 12.1 Å². The molecular weight excluding hydrogens is 838 g/mol. The van der Waals surface area contributed by atoms with Gasteiger partial charge in [0, 0.05) is 60.9 Å². The molecule has 1 saturated carbocycles. The predicted molar refractivity (Wildman–Crippen MR) is 226 cm³/mol. The molecule has 6 N–H and O–H groups in total. The second-order valence-corrected chi connectivity index (χ2v) is 17.8. The predicted octanol–water partition coefficient (Wildman–Crippen LogP) is 5.35. The van der Waals surface area contributed by atoms with Crippen LogP contribution in [0.4, 0.5) is 24.5 Å². The number of fused-ring (bicyclic) bond motifs is 2. The summed E-state index contributed by atoms with van der Waals surface area (Å²) in [5, 5.41) is 15.5. The molecule has 1 unspecified atom stereocenters. The van der Waals surface area contributed by atoms with Crippen molar-refractivity contribution in [2.24, 2.45) is 11.1 Å². The van der Waals surface area contributed by atoms with Gasteiger partial charge in [0.2, 0.25) is 17.7 Å². The van der Waals surface area contributed by atoms with E-state index in [1.165, 1.54) is 23.1 Å². The highest BCUT2D eigenvalue weighted by Crippen LogP contribution is 2.42. The molecule has 64 heavy (non-hydrogen) atoms. The number of rotatable bonds is 16. The fourth-order valence-corrected chi connectivity index (χ4v) is 9.13. The highest BCUT2D eigenvalue weighted by Gasteiger charge is 2.46. The van der Waals surface area contributed by atoms with Crippen LogP contribution in [0.3, 0.4) is 0 Å². The van der Waals surface area contributed by atoms with Gasteiger partial charge in [0.05, 0.1) is 22.5 Å². The molecular formula is C45H53F3N8O8. The molecule has 3 heterocycles. The topological polar surface area (TPSA) is 224 Å². The number of piperidine rings is 1. The molecule has 5 amide bonds. The Morgan fingerprint density at radius 1 is 0.953 bits per heavy atom. The number of alkyl halides is 3. The van der Waals surface area contributed by atoms with Gasteiger partial charge in [-0.3, -0.25) is 38.9 Å². The molecule has 3 aromatic rings. The molecule has 2 aromatic carbocycles. The van der Waals surface area contributed by atoms with Gasteiger partial charge < -0.3 is 31.3 Å². The lowest BCUT2D eigenvalue weighted by atomic mass is 9.75. The number of carbonyl (C=O) groups excluding carboxylic acids is 7. The number of hydrogen-bond acceptors (Lipinski definition) is 11. The summed E-state index contributed by atoms with van der Waals surface area (Å²) in [6, 6.07) is 8.95. The minimum absolute atomic E-state index is 0.0414. The zero-order valence-corrected chi connectivity index (χ0v) is 35.8. The Kier molecular flexibility index (Phi) is 13.5. The van der Waals surface area contributed by atoms with Crippen molar-refractivity contribution in [3.63, 3.8) is 0 Å². The molecule has 342 valence electrons. The van der Waals surface area contributed by atoms with Crippen LogP contribution in [-0.4, -0.2) is 87.2 Å². The maximum absolute atomic E-state index is 14.1. The van der Waals surface area contributed by atoms with E-state index in [4.69, 9.17) is 10.5 Å². The number of nitrogens with two attached hydrogens (primary N) is 1. The molecule has 2 aliphatic carbocycles. The van der Waals surface area contributed by atoms with E-state index in [0.717, 1.165) is 35.2 Å². The standard InChI is InChI=1S/C45H53F3N8O8/c1-44(2)21-34-39(35(57)22-44)40(45(46,47)48)54-56(34)26-13-16-29(41(49)61)32(20-26)52-25-11-14-27(15-12-25)64-38(60)23-51-36(58)10-5-3-4-6-19-50-31-9-7-8-28-30(31)24-55(43(28)63)33-17-18-37(59)53-42(33)62/h7-9,13,16,20,25,27,33,50,52H,3-6,10-12,14-15,17-19,21-24H2,1-2H3,(H2,49,61)(H,51,58)(H,53,59,62). The summed E-state index contributed by atoms with van der Waals surface area (Å²) in [6.07, 6.45) is 0.787. The van der Waals surface area contributed by atoms with Gasteiger partial charge in [0.15, 0.2) is 11.5 Å². The van der Waals surface area contributed by atoms with E-state index in [-0.39, 0.29) is 79.5 Å². The Morgan fingerprint density at radius 3 is 2.42 bits per heavy atom. The van der Waals surface area contributed by atoms with Crippen molar-refractivity contribution in [1.82, 2.24) is 25.3 Å². The first-order chi connectivity index (χ1) is 30.4. The highest BCUT2D eigenvalue weighted by molar-refractivity contribution is 6.06. The number of Topliss-reactive ketones (excluding diaryl/α,β-unsaturated/α-hetero) is 1. The number of imide groups is 1. The first-order valence-electron chi connectivity index (χ1n) is 21.8. The minimum Gasteiger partial charge on any atom is -0.461 e. The maximum Gasteiger partial charge on any atom is 0.435 e. The Hall–Kier alpha value is -6.27. The monoisotopic (exact) mass is 890 g/mol. The molecule has 16 nitrogen and oxygen atoms in total. The number of benzene rings is 2. The average Bonchev–Trinajstić information content (AvgIpc) is 3.78. The number of ether oxygens (including phenoxy) is 1. The minimum atomic E-state index is -4.85. The van der Waals surface area contributed by atoms with Crippen molar-refractivity contribution in [3.8, 4) is 5.69 Å². The molecule has 1 saturated heterocycles. The smallest absolute Gasteiger partial charge is 0.435 e. The van der Waals surface area contributed by atoms with Gasteiger partial charge in [-0.25, -0.2) is 4.68 Å². The number of hydrogen-bond donors (Lipinski definition) is 5. The van der Waals surface area contributed by atoms with Crippen LogP contribution in [0.5, 0.6) is 0 Å². The van der Waals surface area contributed by atoms with Gasteiger partial charge in [0.25, 0.3) is 11.8 Å². The summed E-state index contributed by atoms with van der Waals surface area (Å²) in [7, 11) is 0. The molecule has 0 radical (unpaired) electrons. The number of ketones is 1. The fraction of sp³-hybridized carbons (Fsp3) is 0.511. The first-order valence-corrected chi connectivity index (χ1v) is 21.8. The lowest BCUT2D eigenvalue weighted by Crippen LogP contribution is -2.52. The van der Waals surface area contributed by atoms with E-state index < -0.39 is 58.6 Å². The number of nitrogens with zero attached hydrogens (tertiary/aromatic N) is 3. The van der Waals surface area contributed by atoms with E-state index in [9.17, 15) is 46.7 Å². The van der Waals surface area contributed by atoms with Gasteiger partial charge >= 0.3 is 12.1 Å². The number of anilines is 2. The lowest BCUT2D eigenvalue weighted by molar-refractivity contribution is -0.150. The molecule has 4 aliphatic rings. The molecule has 19 heteroatoms. The van der Waals surface area contributed by atoms with Crippen LogP contribution in [-0.2, 0) is 43.1 Å². The molecule has 0 bridgehead atoms. The van der Waals surface area contributed by atoms with Crippen LogP contribution in [0, 0.1) is 5.41 Å². The summed E-state index contributed by atoms with van der Waals surface area (Å²) < 4.78 is 48.9. The number of nitrogens with one attached hydrogen (secondary N) is 4. The third-order valence-corrected chi connectivity index (χ3v) is 12.3. The van der Waals surface area contributed by atoms with Crippen LogP contribution < -0.4 is 27.0 Å². The second kappa shape index (κ2) is 18.8. The van der Waals surface area contributed by atoms with E-state index >= 15 is 0 Å². The van der Waals surface area contributed by atoms with Crippen LogP contribution in [0.1, 0.15) is 139 Å². The van der Waals surface area contributed by atoms with Crippen molar-refractivity contribution in [2.75, 3.05) is 23.7 Å². The van der Waals surface area contributed by atoms with Crippen molar-refractivity contribution >= 4 is 52.7 Å². The summed E-state index contributed by atoms with van der Waals surface area (Å²) in [6.45, 7) is 4.28. The van der Waals surface area contributed by atoms with E-state index in [1.807, 2.05) is 19.9 Å². The van der Waals surface area contributed by atoms with Crippen molar-refractivity contribution in [3.05, 3.63) is 70.0 Å². The highest BCUT2D eigenvalue weighted by atomic mass is 19.4. The molecule has 7 rings (SSSR count). The number of amides is 5. The number of esters is 1. The molecule has 1 aromatic heterocycles. The summed E-state index contributed by atoms with van der Waals surface area (Å²) in [5.74, 6) is -3.20. The average molecular weight is 891 g/mol. The lowest BCUT2D eigenvalue weighted by Gasteiger charge is -2.30. The Balaban J connectivity index is 0.810. The third-order valence-electron chi connectivity index (χ3n) is 12.3. The van der Waals surface area contributed by atoms with Crippen LogP contribution in [0.25, 0.3) is 5.69 Å². The van der Waals surface area contributed by atoms with E-state index in [2.05, 4.69) is 26.4 Å². The number of carbonyl (C=O) groups is 7. The summed E-state index contributed by atoms with van der Waals surface area (Å²) >= 11 is 0. The maximum atomic E-state index is 14.1. The van der Waals surface area contributed by atoms with Crippen LogP contribution in [0.15, 0.2) is 36.4 Å². The molecule has 2 aliphatic heterocycles. The zero-order chi connectivity index (χ0) is 45.9. The van der Waals surface area contributed by atoms with Gasteiger partial charge in [-0.1, -0.05) is 32.8 Å². The zero-order valence-electron chi connectivity index (χ0n) is 35.8. The number of halogens is 3. The Morgan fingerprint density at radius 2 is 1.70 bits per heavy atom. The third kappa shape index (κ3) is 10.4. The quantitative estimate of drug-likeness (QED) is 0.0701. The SMILES string of the molecule is CC1(C)CC(=O)c2c(C(F)(F)F)nn(-c3ccc(C(N)=O)c(NC4CCC(OC(=O)CNC(=O)CCCCCCNc5cccc6c5CN(C5CCC(=O)NC5=O)C6=O)CC4)c3)c2C1. The van der Waals surface area contributed by atoms with Crippen molar-refractivity contribution < 1.29 is 51.5 Å². The first kappa shape index (κ1) is 45.7. The van der Waals surface area contributed by atoms with Crippen molar-refractivity contribution in [1.29, 1.82) is 0 Å². The molecule has 1 atom stereocenters. The summed E-state index contributed by atoms with van der Waals surface area (Å²) in [4.78, 5) is 89.0. The number of primary amides is 1. The van der Waals surface area contributed by atoms with Crippen LogP contribution >= 0.6 is 0 Å². The molecule has 0 spiro atoms. The van der Waals surface area contributed by atoms with Crippen LogP contribution in [0.2, 0.25) is 0 Å². The summed E-state index contributed by atoms with van der Waals surface area (Å²) in [5.41, 5.74) is 6.43. The second-order valence-electron chi connectivity index (χ2n) is 17.8. The number of unbranched alkanes of at least 4 members (excludes halogenated alkanes) is 3. The van der Waals surface area contributed by atoms with Gasteiger partial charge in [-0.15, -0.1) is 0 Å². The largest absolute Gasteiger partial charge is 0.461 e. The van der Waals surface area contributed by atoms with Gasteiger partial charge in [-0.05, 0) is 87.1 Å². The van der Waals surface area contributed by atoms with E-state index in [0.29, 0.717) is 56.3 Å². The molecule has 2 fully saturated rings. The van der Waals surface area contributed by atoms with Gasteiger partial charge in [0.1, 0.15) is 18.7 Å². The Bertz CT molecular complexity index is 2350. The normalized spacial score (nSPS) is 20.6. The fourth-order valence-electron chi connectivity index (χ4n) is 9.13. The van der Waals surface area contributed by atoms with Gasteiger partial charge in [-0.2, -0.15) is 18.3 Å². The Labute approximate surface area is 367 Å². The van der Waals surface area contributed by atoms with Crippen molar-refractivity contribution in [2.45, 2.75) is 128 Å². The number of aromatic nitrogens is 2.